The van der Waals surface area contributed by atoms with Gasteiger partial charge in [0.2, 0.25) is 0 Å². The molecule has 0 unspecified atom stereocenters. The summed E-state index contributed by atoms with van der Waals surface area (Å²) in [6.45, 7) is 3.63. The van der Waals surface area contributed by atoms with E-state index in [9.17, 15) is 9.59 Å². The number of ether oxygens (including phenoxy) is 5. The number of carbonyl (C=O) groups excluding carboxylic acids is 2. The van der Waals surface area contributed by atoms with Crippen molar-refractivity contribution in [1.82, 2.24) is 0 Å². The van der Waals surface area contributed by atoms with E-state index in [4.69, 9.17) is 23.7 Å². The van der Waals surface area contributed by atoms with Gasteiger partial charge in [0.1, 0.15) is 12.4 Å². The van der Waals surface area contributed by atoms with Crippen LogP contribution >= 0.6 is 0 Å². The minimum Gasteiger partial charge on any atom is -0.490 e. The first-order valence-electron chi connectivity index (χ1n) is 9.90. The predicted molar refractivity (Wildman–Crippen MR) is 110 cm³/mol. The third-order valence-electron chi connectivity index (χ3n) is 4.58. The van der Waals surface area contributed by atoms with Crippen molar-refractivity contribution in [2.24, 2.45) is 0 Å². The summed E-state index contributed by atoms with van der Waals surface area (Å²) in [5, 5.41) is 0. The molecule has 0 saturated heterocycles. The third kappa shape index (κ3) is 5.52. The molecular weight excluding hydrogens is 388 g/mol. The van der Waals surface area contributed by atoms with E-state index in [1.54, 1.807) is 49.6 Å². The lowest BCUT2D eigenvalue weighted by Crippen LogP contribution is -2.22. The van der Waals surface area contributed by atoms with E-state index in [0.29, 0.717) is 74.3 Å². The van der Waals surface area contributed by atoms with Gasteiger partial charge in [-0.2, -0.15) is 0 Å². The SMILES string of the molecule is COCCOCCOCCOCCOc1cccc2c1C(=O)c1ccccc1C2=O. The molecule has 0 N–H and O–H groups in total. The van der Waals surface area contributed by atoms with Crippen LogP contribution in [0.25, 0.3) is 0 Å². The molecule has 2 aromatic rings. The number of methoxy groups -OCH3 is 1. The normalized spacial score (nSPS) is 12.6. The number of carbonyl (C=O) groups is 2. The van der Waals surface area contributed by atoms with E-state index in [0.717, 1.165) is 0 Å². The largest absolute Gasteiger partial charge is 0.490 e. The van der Waals surface area contributed by atoms with Gasteiger partial charge < -0.3 is 23.7 Å². The highest BCUT2D eigenvalue weighted by Gasteiger charge is 2.31. The van der Waals surface area contributed by atoms with Crippen molar-refractivity contribution in [2.75, 3.05) is 60.0 Å². The van der Waals surface area contributed by atoms with Gasteiger partial charge in [-0.25, -0.2) is 0 Å². The zero-order chi connectivity index (χ0) is 21.2. The molecule has 0 spiro atoms. The van der Waals surface area contributed by atoms with Crippen LogP contribution in [-0.4, -0.2) is 71.5 Å². The fourth-order valence-corrected chi connectivity index (χ4v) is 3.13. The van der Waals surface area contributed by atoms with Crippen molar-refractivity contribution in [3.8, 4) is 5.75 Å². The Morgan fingerprint density at radius 2 is 1.13 bits per heavy atom. The minimum atomic E-state index is -0.196. The van der Waals surface area contributed by atoms with Gasteiger partial charge in [-0.05, 0) is 6.07 Å². The lowest BCUT2D eigenvalue weighted by atomic mass is 9.83. The van der Waals surface area contributed by atoms with Crippen molar-refractivity contribution in [3.63, 3.8) is 0 Å². The number of hydrogen-bond acceptors (Lipinski definition) is 7. The molecule has 30 heavy (non-hydrogen) atoms. The highest BCUT2D eigenvalue weighted by atomic mass is 16.6. The van der Waals surface area contributed by atoms with Gasteiger partial charge in [-0.3, -0.25) is 9.59 Å². The maximum Gasteiger partial charge on any atom is 0.198 e. The lowest BCUT2D eigenvalue weighted by Gasteiger charge is -2.20. The van der Waals surface area contributed by atoms with E-state index in [-0.39, 0.29) is 18.2 Å². The molecule has 0 radical (unpaired) electrons. The van der Waals surface area contributed by atoms with Crippen LogP contribution in [0.2, 0.25) is 0 Å². The number of hydrogen-bond donors (Lipinski definition) is 0. The van der Waals surface area contributed by atoms with Crippen molar-refractivity contribution in [2.45, 2.75) is 0 Å². The van der Waals surface area contributed by atoms with E-state index in [2.05, 4.69) is 0 Å². The zero-order valence-electron chi connectivity index (χ0n) is 17.1. The molecule has 1 aliphatic carbocycles. The summed E-state index contributed by atoms with van der Waals surface area (Å²) in [5.74, 6) is 0.0384. The van der Waals surface area contributed by atoms with Crippen LogP contribution in [0.3, 0.4) is 0 Å². The second kappa shape index (κ2) is 11.6. The topological polar surface area (TPSA) is 80.3 Å². The Kier molecular flexibility index (Phi) is 8.53. The molecule has 7 nitrogen and oxygen atoms in total. The first kappa shape index (κ1) is 22.1. The number of benzene rings is 2. The van der Waals surface area contributed by atoms with Gasteiger partial charge in [0, 0.05) is 23.8 Å². The maximum atomic E-state index is 12.9. The van der Waals surface area contributed by atoms with Crippen LogP contribution in [0.5, 0.6) is 5.75 Å². The van der Waals surface area contributed by atoms with Crippen molar-refractivity contribution >= 4 is 11.6 Å². The Morgan fingerprint density at radius 3 is 1.77 bits per heavy atom. The average molecular weight is 414 g/mol. The quantitative estimate of drug-likeness (QED) is 0.398. The molecule has 0 atom stereocenters. The van der Waals surface area contributed by atoms with Crippen molar-refractivity contribution in [3.05, 3.63) is 64.7 Å². The van der Waals surface area contributed by atoms with Gasteiger partial charge in [0.15, 0.2) is 11.6 Å². The summed E-state index contributed by atoms with van der Waals surface area (Å²) in [6, 6.07) is 11.9. The fourth-order valence-electron chi connectivity index (χ4n) is 3.13. The zero-order valence-corrected chi connectivity index (χ0v) is 17.1. The van der Waals surface area contributed by atoms with Crippen LogP contribution < -0.4 is 4.74 Å². The van der Waals surface area contributed by atoms with Crippen LogP contribution in [0, 0.1) is 0 Å². The number of ketones is 2. The number of rotatable bonds is 13. The van der Waals surface area contributed by atoms with Crippen LogP contribution in [0.1, 0.15) is 31.8 Å². The molecule has 2 aromatic carbocycles. The van der Waals surface area contributed by atoms with Gasteiger partial charge in [-0.1, -0.05) is 36.4 Å². The monoisotopic (exact) mass is 414 g/mol. The highest BCUT2D eigenvalue weighted by Crippen LogP contribution is 2.33. The summed E-state index contributed by atoms with van der Waals surface area (Å²) >= 11 is 0. The average Bonchev–Trinajstić information content (AvgIpc) is 2.78. The molecule has 0 heterocycles. The molecule has 0 aliphatic heterocycles. The van der Waals surface area contributed by atoms with Gasteiger partial charge in [-0.15, -0.1) is 0 Å². The van der Waals surface area contributed by atoms with Crippen molar-refractivity contribution in [1.29, 1.82) is 0 Å². The van der Waals surface area contributed by atoms with Crippen LogP contribution in [-0.2, 0) is 18.9 Å². The Labute approximate surface area is 175 Å². The number of fused-ring (bicyclic) bond motifs is 2. The summed E-state index contributed by atoms with van der Waals surface area (Å²) in [7, 11) is 1.63. The Hall–Kier alpha value is -2.58. The van der Waals surface area contributed by atoms with E-state index in [1.807, 2.05) is 0 Å². The van der Waals surface area contributed by atoms with Crippen molar-refractivity contribution < 1.29 is 33.3 Å². The predicted octanol–water partition coefficient (Wildman–Crippen LogP) is 2.54. The molecule has 0 amide bonds. The van der Waals surface area contributed by atoms with Crippen LogP contribution in [0.15, 0.2) is 42.5 Å². The maximum absolute atomic E-state index is 12.9. The molecule has 1 aliphatic rings. The molecule has 0 fully saturated rings. The smallest absolute Gasteiger partial charge is 0.198 e. The first-order valence-corrected chi connectivity index (χ1v) is 9.90. The van der Waals surface area contributed by atoms with E-state index < -0.39 is 0 Å². The first-order chi connectivity index (χ1) is 14.7. The molecule has 3 rings (SSSR count). The fraction of sp³-hybridized carbons (Fsp3) is 0.391. The van der Waals surface area contributed by atoms with Gasteiger partial charge in [0.05, 0.1) is 51.8 Å². The Bertz CT molecular complexity index is 862. The molecule has 0 aromatic heterocycles. The molecule has 0 bridgehead atoms. The minimum absolute atomic E-state index is 0.162. The summed E-state index contributed by atoms with van der Waals surface area (Å²) in [4.78, 5) is 25.6. The summed E-state index contributed by atoms with van der Waals surface area (Å²) in [5.41, 5.74) is 1.53. The van der Waals surface area contributed by atoms with Gasteiger partial charge >= 0.3 is 0 Å². The standard InChI is InChI=1S/C23H26O7/c1-26-9-10-27-11-12-28-13-14-29-15-16-30-20-8-4-7-19-21(20)23(25)18-6-3-2-5-17(18)22(19)24/h2-8H,9-16H2,1H3. The van der Waals surface area contributed by atoms with E-state index >= 15 is 0 Å². The molecule has 160 valence electrons. The van der Waals surface area contributed by atoms with Crippen LogP contribution in [0.4, 0.5) is 0 Å². The molecule has 7 heteroatoms. The third-order valence-corrected chi connectivity index (χ3v) is 4.58. The second-order valence-corrected chi connectivity index (χ2v) is 6.56. The summed E-state index contributed by atoms with van der Waals surface area (Å²) < 4.78 is 26.8. The Morgan fingerprint density at radius 1 is 0.600 bits per heavy atom. The highest BCUT2D eigenvalue weighted by molar-refractivity contribution is 6.29. The molecule has 0 saturated carbocycles. The lowest BCUT2D eigenvalue weighted by molar-refractivity contribution is 0.000138. The Balaban J connectivity index is 1.41. The second-order valence-electron chi connectivity index (χ2n) is 6.56. The summed E-state index contributed by atoms with van der Waals surface area (Å²) in [6.07, 6.45) is 0. The van der Waals surface area contributed by atoms with Gasteiger partial charge in [0.25, 0.3) is 0 Å². The molecular formula is C23H26O7. The van der Waals surface area contributed by atoms with E-state index in [1.165, 1.54) is 0 Å².